The second-order valence-corrected chi connectivity index (χ2v) is 3.36. The van der Waals surface area contributed by atoms with Crippen LogP contribution in [0.5, 0.6) is 0 Å². The summed E-state index contributed by atoms with van der Waals surface area (Å²) in [6.45, 7) is -3.90. The minimum Gasteiger partial charge on any atom is -0.445 e. The molecule has 17 heavy (non-hydrogen) atoms. The first-order valence-corrected chi connectivity index (χ1v) is 4.46. The quantitative estimate of drug-likeness (QED) is 0.258. The number of nitrogens with two attached hydrogens (primary N) is 1. The molecule has 9 heteroatoms. The molecule has 4 nitrogen and oxygen atoms in total. The molecule has 0 bridgehead atoms. The maximum Gasteiger partial charge on any atom is 1.00 e. The second-order valence-electron chi connectivity index (χ2n) is 3.36. The number of hydrogen-bond acceptors (Lipinski definition) is 2. The van der Waals surface area contributed by atoms with E-state index in [0.717, 1.165) is 6.07 Å². The zero-order chi connectivity index (χ0) is 12.3. The molecule has 0 heterocycles. The Kier molecular flexibility index (Phi) is 6.60. The molecule has 86 valence electrons. The van der Waals surface area contributed by atoms with Gasteiger partial charge in [0.05, 0.1) is 6.54 Å². The predicted octanol–water partition coefficient (Wildman–Crippen LogP) is -0.554. The van der Waals surface area contributed by atoms with Crippen LogP contribution in [0.4, 0.5) is 18.6 Å². The van der Waals surface area contributed by atoms with E-state index in [1.165, 1.54) is 13.0 Å². The van der Waals surface area contributed by atoms with Gasteiger partial charge >= 0.3 is 58.4 Å². The average Bonchev–Trinajstić information content (AvgIpc) is 2.17. The van der Waals surface area contributed by atoms with Crippen LogP contribution in [0.2, 0.25) is 0 Å². The molecule has 0 aliphatic heterocycles. The molecular weight excluding hydrogens is 259 g/mol. The fourth-order valence-corrected chi connectivity index (χ4v) is 1.44. The van der Waals surface area contributed by atoms with Gasteiger partial charge in [0.1, 0.15) is 0 Å². The first kappa shape index (κ1) is 16.8. The van der Waals surface area contributed by atoms with Crippen molar-refractivity contribution in [3.05, 3.63) is 33.7 Å². The predicted molar refractivity (Wildman–Crippen MR) is 57.2 cm³/mol. The van der Waals surface area contributed by atoms with Crippen molar-refractivity contribution in [2.45, 2.75) is 13.5 Å². The fraction of sp³-hybridized carbons (Fsp3) is 0.250. The van der Waals surface area contributed by atoms with Crippen LogP contribution in [0.1, 0.15) is 11.1 Å². The number of hydrogen-bond donors (Lipinski definition) is 1. The largest absolute Gasteiger partial charge is 1.00 e. The summed E-state index contributed by atoms with van der Waals surface area (Å²) in [5.41, 5.74) is 13.1. The molecule has 2 N–H and O–H groups in total. The van der Waals surface area contributed by atoms with Crippen LogP contribution in [0.25, 0.3) is 10.4 Å². The van der Waals surface area contributed by atoms with Crippen LogP contribution >= 0.6 is 0 Å². The smallest absolute Gasteiger partial charge is 0.445 e. The Morgan fingerprint density at radius 2 is 2.00 bits per heavy atom. The third-order valence-electron chi connectivity index (χ3n) is 2.23. The Balaban J connectivity index is 0.00000256. The van der Waals surface area contributed by atoms with E-state index in [-0.39, 0.29) is 69.2 Å². The molecule has 1 rings (SSSR count). The molecule has 0 saturated carbocycles. The van der Waals surface area contributed by atoms with E-state index in [0.29, 0.717) is 5.56 Å². The molecule has 0 spiro atoms. The summed E-state index contributed by atoms with van der Waals surface area (Å²) < 4.78 is 37.9. The summed E-state index contributed by atoms with van der Waals surface area (Å²) in [5, 5.41) is 3.23. The normalized spacial score (nSPS) is 10.4. The molecule has 1 aromatic carbocycles. The van der Waals surface area contributed by atoms with Gasteiger partial charge in [0.15, 0.2) is 0 Å². The van der Waals surface area contributed by atoms with E-state index in [1.54, 1.807) is 0 Å². The zero-order valence-electron chi connectivity index (χ0n) is 9.49. The third-order valence-corrected chi connectivity index (χ3v) is 2.23. The van der Waals surface area contributed by atoms with Crippen LogP contribution in [-0.2, 0) is 6.54 Å². The minimum absolute atomic E-state index is 0. The topological polar surface area (TPSA) is 74.8 Å². The van der Waals surface area contributed by atoms with Crippen molar-refractivity contribution in [3.8, 4) is 0 Å². The second kappa shape index (κ2) is 6.67. The average molecular weight is 268 g/mol. The number of nitrogens with zero attached hydrogens (tertiary/aromatic N) is 3. The van der Waals surface area contributed by atoms with Gasteiger partial charge in [-0.05, 0) is 24.1 Å². The molecule has 0 atom stereocenters. The SMILES string of the molecule is Cc1c(CN=[N+]=[N-])cc(N)cc1[B-](F)(F)F.[K+]. The van der Waals surface area contributed by atoms with E-state index in [4.69, 9.17) is 11.3 Å². The van der Waals surface area contributed by atoms with Crippen molar-refractivity contribution < 1.29 is 64.3 Å². The molecule has 0 fully saturated rings. The van der Waals surface area contributed by atoms with E-state index >= 15 is 0 Å². The number of nitrogen functional groups attached to an aromatic ring is 1. The van der Waals surface area contributed by atoms with Crippen LogP contribution in [0.3, 0.4) is 0 Å². The summed E-state index contributed by atoms with van der Waals surface area (Å²) in [5.74, 6) is 0. The van der Waals surface area contributed by atoms with Gasteiger partial charge in [-0.1, -0.05) is 16.7 Å². The molecule has 0 aliphatic carbocycles. The standard InChI is InChI=1S/C8H9BF3N4.K/c1-5-6(4-15-16-14)2-7(13)3-8(5)9(10,11)12;/h2-3H,4,13H2,1H3;/q-1;+1. The number of halogens is 3. The van der Waals surface area contributed by atoms with Gasteiger partial charge in [0.2, 0.25) is 0 Å². The Bertz CT molecular complexity index is 457. The Morgan fingerprint density at radius 1 is 1.41 bits per heavy atom. The van der Waals surface area contributed by atoms with E-state index in [2.05, 4.69) is 10.0 Å². The number of azide groups is 1. The Labute approximate surface area is 139 Å². The minimum atomic E-state index is -5.10. The van der Waals surface area contributed by atoms with Gasteiger partial charge in [0.25, 0.3) is 0 Å². The van der Waals surface area contributed by atoms with Gasteiger partial charge in [-0.3, -0.25) is 0 Å². The van der Waals surface area contributed by atoms with E-state index < -0.39 is 12.4 Å². The summed E-state index contributed by atoms with van der Waals surface area (Å²) in [4.78, 5) is 2.50. The molecular formula is C8H9BF3KN4. The van der Waals surface area contributed by atoms with Crippen molar-refractivity contribution in [3.63, 3.8) is 0 Å². The zero-order valence-corrected chi connectivity index (χ0v) is 12.6. The first-order chi connectivity index (χ1) is 7.36. The molecule has 0 unspecified atom stereocenters. The number of rotatable bonds is 3. The molecule has 0 aromatic heterocycles. The monoisotopic (exact) mass is 268 g/mol. The molecule has 1 aromatic rings. The summed E-state index contributed by atoms with van der Waals surface area (Å²) in [7, 11) is 0. The van der Waals surface area contributed by atoms with Gasteiger partial charge in [-0.15, -0.1) is 5.46 Å². The van der Waals surface area contributed by atoms with Crippen molar-refractivity contribution >= 4 is 18.1 Å². The summed E-state index contributed by atoms with van der Waals surface area (Å²) >= 11 is 0. The van der Waals surface area contributed by atoms with Crippen molar-refractivity contribution in [2.75, 3.05) is 5.73 Å². The Morgan fingerprint density at radius 3 is 2.47 bits per heavy atom. The van der Waals surface area contributed by atoms with Crippen LogP contribution in [0, 0.1) is 6.92 Å². The van der Waals surface area contributed by atoms with Gasteiger partial charge in [0, 0.05) is 10.6 Å². The van der Waals surface area contributed by atoms with Gasteiger partial charge in [-0.25, -0.2) is 0 Å². The first-order valence-electron chi connectivity index (χ1n) is 4.46. The van der Waals surface area contributed by atoms with Gasteiger partial charge in [-0.2, -0.15) is 0 Å². The summed E-state index contributed by atoms with van der Waals surface area (Å²) in [6.07, 6.45) is 0. The maximum absolute atomic E-state index is 12.6. The molecule has 0 aliphatic rings. The van der Waals surface area contributed by atoms with E-state index in [9.17, 15) is 12.9 Å². The molecule has 0 radical (unpaired) electrons. The fourth-order valence-electron chi connectivity index (χ4n) is 1.44. The summed E-state index contributed by atoms with van der Waals surface area (Å²) in [6, 6.07) is 2.28. The molecule has 0 saturated heterocycles. The van der Waals surface area contributed by atoms with Crippen LogP contribution < -0.4 is 62.6 Å². The number of benzene rings is 1. The maximum atomic E-state index is 12.6. The third kappa shape index (κ3) is 4.53. The van der Waals surface area contributed by atoms with Crippen molar-refractivity contribution in [2.24, 2.45) is 5.11 Å². The number of anilines is 1. The molecule has 0 amide bonds. The van der Waals surface area contributed by atoms with Crippen LogP contribution in [-0.4, -0.2) is 6.98 Å². The Hall–Kier alpha value is -0.179. The van der Waals surface area contributed by atoms with Crippen LogP contribution in [0.15, 0.2) is 17.2 Å². The van der Waals surface area contributed by atoms with Crippen molar-refractivity contribution in [1.82, 2.24) is 0 Å². The van der Waals surface area contributed by atoms with Gasteiger partial charge < -0.3 is 18.7 Å². The van der Waals surface area contributed by atoms with Crippen molar-refractivity contribution in [1.29, 1.82) is 0 Å². The van der Waals surface area contributed by atoms with E-state index in [1.807, 2.05) is 0 Å².